The molecule has 6 heteroatoms. The minimum atomic E-state index is -0.887. The largest absolute Gasteiger partial charge is 0.322 e. The molecule has 0 aliphatic carbocycles. The Labute approximate surface area is 116 Å². The van der Waals surface area contributed by atoms with E-state index in [9.17, 15) is 8.78 Å². The maximum Gasteiger partial charge on any atom is 0.159 e. The number of hydrogen-bond donors (Lipinski definition) is 1. The minimum Gasteiger partial charge on any atom is -0.322 e. The summed E-state index contributed by atoms with van der Waals surface area (Å²) in [4.78, 5) is 4.39. The molecule has 2 rings (SSSR count). The third kappa shape index (κ3) is 3.01. The molecule has 1 atom stereocenters. The van der Waals surface area contributed by atoms with E-state index < -0.39 is 17.7 Å². The predicted octanol–water partition coefficient (Wildman–Crippen LogP) is 2.38. The smallest absolute Gasteiger partial charge is 0.159 e. The van der Waals surface area contributed by atoms with E-state index in [2.05, 4.69) is 10.1 Å². The van der Waals surface area contributed by atoms with Gasteiger partial charge in [0.1, 0.15) is 5.82 Å². The molecule has 0 spiro atoms. The molecule has 0 saturated heterocycles. The molecule has 108 valence electrons. The number of nitrogens with two attached hydrogens (primary N) is 1. The Balaban J connectivity index is 2.20. The molecule has 20 heavy (non-hydrogen) atoms. The lowest BCUT2D eigenvalue weighted by Gasteiger charge is -2.13. The first-order valence-electron chi connectivity index (χ1n) is 6.68. The molecule has 1 heterocycles. The summed E-state index contributed by atoms with van der Waals surface area (Å²) in [5.74, 6) is -0.148. The van der Waals surface area contributed by atoms with Crippen LogP contribution in [0.25, 0.3) is 0 Å². The fourth-order valence-electron chi connectivity index (χ4n) is 2.02. The Hall–Kier alpha value is -1.82. The van der Waals surface area contributed by atoms with Crippen LogP contribution >= 0.6 is 0 Å². The van der Waals surface area contributed by atoms with Crippen molar-refractivity contribution in [3.8, 4) is 0 Å². The van der Waals surface area contributed by atoms with Gasteiger partial charge in [-0.15, -0.1) is 0 Å². The van der Waals surface area contributed by atoms with Gasteiger partial charge in [0.25, 0.3) is 0 Å². The van der Waals surface area contributed by atoms with Crippen LogP contribution < -0.4 is 5.73 Å². The van der Waals surface area contributed by atoms with E-state index >= 15 is 0 Å². The Morgan fingerprint density at radius 2 is 1.95 bits per heavy atom. The summed E-state index contributed by atoms with van der Waals surface area (Å²) in [6.45, 7) is 4.36. The number of halogens is 2. The Bertz CT molecular complexity index is 595. The highest BCUT2D eigenvalue weighted by molar-refractivity contribution is 5.21. The van der Waals surface area contributed by atoms with E-state index in [1.165, 1.54) is 6.07 Å². The summed E-state index contributed by atoms with van der Waals surface area (Å²) in [6, 6.07) is 3.25. The van der Waals surface area contributed by atoms with Gasteiger partial charge in [0.05, 0.1) is 6.54 Å². The minimum absolute atomic E-state index is 0.390. The highest BCUT2D eigenvalue weighted by Crippen LogP contribution is 2.16. The summed E-state index contributed by atoms with van der Waals surface area (Å²) < 4.78 is 27.9. The van der Waals surface area contributed by atoms with Gasteiger partial charge in [0.15, 0.2) is 17.5 Å². The van der Waals surface area contributed by atoms with E-state index in [1.807, 2.05) is 13.8 Å². The van der Waals surface area contributed by atoms with E-state index in [1.54, 1.807) is 4.68 Å². The van der Waals surface area contributed by atoms with Crippen molar-refractivity contribution in [2.45, 2.75) is 39.3 Å². The molecule has 1 unspecified atom stereocenters. The molecule has 0 saturated carbocycles. The number of hydrogen-bond acceptors (Lipinski definition) is 3. The van der Waals surface area contributed by atoms with Crippen LogP contribution in [0.1, 0.15) is 37.1 Å². The lowest BCUT2D eigenvalue weighted by atomic mass is 10.1. The van der Waals surface area contributed by atoms with Crippen molar-refractivity contribution in [1.29, 1.82) is 0 Å². The van der Waals surface area contributed by atoms with Crippen LogP contribution in [-0.4, -0.2) is 14.8 Å². The van der Waals surface area contributed by atoms with Crippen molar-refractivity contribution < 1.29 is 8.78 Å². The molecule has 1 aromatic carbocycles. The highest BCUT2D eigenvalue weighted by Gasteiger charge is 2.14. The van der Waals surface area contributed by atoms with Gasteiger partial charge in [-0.3, -0.25) is 0 Å². The lowest BCUT2D eigenvalue weighted by Crippen LogP contribution is -2.20. The monoisotopic (exact) mass is 280 g/mol. The molecular formula is C14H18F2N4. The van der Waals surface area contributed by atoms with E-state index in [0.29, 0.717) is 12.1 Å². The molecule has 4 nitrogen and oxygen atoms in total. The Morgan fingerprint density at radius 1 is 1.20 bits per heavy atom. The third-order valence-electron chi connectivity index (χ3n) is 3.17. The fourth-order valence-corrected chi connectivity index (χ4v) is 2.02. The molecule has 0 aliphatic heterocycles. The summed E-state index contributed by atoms with van der Waals surface area (Å²) >= 11 is 0. The van der Waals surface area contributed by atoms with Crippen LogP contribution in [0.4, 0.5) is 8.78 Å². The second kappa shape index (κ2) is 6.09. The molecule has 0 amide bonds. The number of aromatic nitrogens is 3. The summed E-state index contributed by atoms with van der Waals surface area (Å²) in [6.07, 6.45) is 1.50. The van der Waals surface area contributed by atoms with Gasteiger partial charge in [-0.2, -0.15) is 5.10 Å². The van der Waals surface area contributed by atoms with Gasteiger partial charge in [-0.25, -0.2) is 18.4 Å². The van der Waals surface area contributed by atoms with Crippen LogP contribution in [0.15, 0.2) is 18.2 Å². The van der Waals surface area contributed by atoms with Gasteiger partial charge >= 0.3 is 0 Å². The topological polar surface area (TPSA) is 56.7 Å². The summed E-state index contributed by atoms with van der Waals surface area (Å²) in [7, 11) is 0. The van der Waals surface area contributed by atoms with E-state index in [0.717, 1.165) is 36.6 Å². The Kier molecular flexibility index (Phi) is 4.44. The maximum absolute atomic E-state index is 13.2. The van der Waals surface area contributed by atoms with Gasteiger partial charge in [-0.05, 0) is 17.7 Å². The van der Waals surface area contributed by atoms with Crippen molar-refractivity contribution in [1.82, 2.24) is 14.8 Å². The molecule has 2 aromatic rings. The SMILES string of the molecule is CCc1nc(CC)n(CC(N)c2ccc(F)c(F)c2)n1. The standard InChI is InChI=1S/C14H18F2N4/c1-3-13-18-14(4-2)20(19-13)8-12(17)9-5-6-10(15)11(16)7-9/h5-7,12H,3-4,8,17H2,1-2H3. The first-order chi connectivity index (χ1) is 9.55. The quantitative estimate of drug-likeness (QED) is 0.915. The molecule has 0 fully saturated rings. The predicted molar refractivity (Wildman–Crippen MR) is 72.1 cm³/mol. The first-order valence-corrected chi connectivity index (χ1v) is 6.68. The van der Waals surface area contributed by atoms with Crippen LogP contribution in [0.2, 0.25) is 0 Å². The fraction of sp³-hybridized carbons (Fsp3) is 0.429. The van der Waals surface area contributed by atoms with Gasteiger partial charge < -0.3 is 5.73 Å². The van der Waals surface area contributed by atoms with Gasteiger partial charge in [0.2, 0.25) is 0 Å². The summed E-state index contributed by atoms with van der Waals surface area (Å²) in [5.41, 5.74) is 6.58. The maximum atomic E-state index is 13.2. The van der Waals surface area contributed by atoms with Gasteiger partial charge in [0, 0.05) is 18.9 Å². The molecular weight excluding hydrogens is 262 g/mol. The zero-order valence-electron chi connectivity index (χ0n) is 11.6. The van der Waals surface area contributed by atoms with E-state index in [-0.39, 0.29) is 0 Å². The van der Waals surface area contributed by atoms with Crippen LogP contribution in [0.3, 0.4) is 0 Å². The number of rotatable bonds is 5. The molecule has 2 N–H and O–H groups in total. The zero-order chi connectivity index (χ0) is 14.7. The van der Waals surface area contributed by atoms with Crippen molar-refractivity contribution in [3.05, 3.63) is 47.0 Å². The van der Waals surface area contributed by atoms with Crippen molar-refractivity contribution in [2.75, 3.05) is 0 Å². The molecule has 0 radical (unpaired) electrons. The second-order valence-electron chi connectivity index (χ2n) is 4.61. The number of nitrogens with zero attached hydrogens (tertiary/aromatic N) is 3. The van der Waals surface area contributed by atoms with Gasteiger partial charge in [-0.1, -0.05) is 19.9 Å². The van der Waals surface area contributed by atoms with Crippen LogP contribution in [0.5, 0.6) is 0 Å². The van der Waals surface area contributed by atoms with E-state index in [4.69, 9.17) is 5.73 Å². The Morgan fingerprint density at radius 3 is 2.55 bits per heavy atom. The number of benzene rings is 1. The summed E-state index contributed by atoms with van der Waals surface area (Å²) in [5, 5.41) is 4.36. The van der Waals surface area contributed by atoms with Crippen molar-refractivity contribution in [2.24, 2.45) is 5.73 Å². The zero-order valence-corrected chi connectivity index (χ0v) is 11.6. The second-order valence-corrected chi connectivity index (χ2v) is 4.61. The molecule has 0 bridgehead atoms. The molecule has 0 aliphatic rings. The third-order valence-corrected chi connectivity index (χ3v) is 3.17. The van der Waals surface area contributed by atoms with Crippen LogP contribution in [0, 0.1) is 11.6 Å². The molecule has 1 aromatic heterocycles. The van der Waals surface area contributed by atoms with Crippen LogP contribution in [-0.2, 0) is 19.4 Å². The normalized spacial score (nSPS) is 12.7. The number of aryl methyl sites for hydroxylation is 2. The average Bonchev–Trinajstić information content (AvgIpc) is 2.84. The average molecular weight is 280 g/mol. The first kappa shape index (κ1) is 14.6. The highest BCUT2D eigenvalue weighted by atomic mass is 19.2. The lowest BCUT2D eigenvalue weighted by molar-refractivity contribution is 0.487. The van der Waals surface area contributed by atoms with Crippen molar-refractivity contribution in [3.63, 3.8) is 0 Å². The van der Waals surface area contributed by atoms with Crippen molar-refractivity contribution >= 4 is 0 Å².